The van der Waals surface area contributed by atoms with Crippen molar-refractivity contribution in [2.75, 3.05) is 11.4 Å². The molecule has 3 heteroatoms. The van der Waals surface area contributed by atoms with Crippen molar-refractivity contribution < 1.29 is 0 Å². The molecule has 0 fully saturated rings. The summed E-state index contributed by atoms with van der Waals surface area (Å²) < 4.78 is 0. The molecule has 2 rings (SSSR count). The normalized spacial score (nSPS) is 12.2. The largest absolute Gasteiger partial charge is 0.341 e. The average Bonchev–Trinajstić information content (AvgIpc) is 2.40. The van der Waals surface area contributed by atoms with Gasteiger partial charge in [-0.15, -0.1) is 0 Å². The Kier molecular flexibility index (Phi) is 4.17. The molecule has 1 aromatic carbocycles. The lowest BCUT2D eigenvalue weighted by Gasteiger charge is -2.23. The molecule has 1 atom stereocenters. The lowest BCUT2D eigenvalue weighted by molar-refractivity contribution is 0.780. The zero-order chi connectivity index (χ0) is 13.8. The highest BCUT2D eigenvalue weighted by Gasteiger charge is 2.08. The Hall–Kier alpha value is -1.87. The number of nitrogens with two attached hydrogens (primary N) is 1. The third-order valence-electron chi connectivity index (χ3n) is 3.18. The van der Waals surface area contributed by atoms with Gasteiger partial charge >= 0.3 is 0 Å². The van der Waals surface area contributed by atoms with E-state index in [0.717, 1.165) is 17.9 Å². The molecule has 19 heavy (non-hydrogen) atoms. The maximum atomic E-state index is 5.83. The van der Waals surface area contributed by atoms with Crippen LogP contribution in [0.5, 0.6) is 0 Å². The number of benzene rings is 1. The number of rotatable bonds is 4. The molecule has 2 N–H and O–H groups in total. The first kappa shape index (κ1) is 13.6. The summed E-state index contributed by atoms with van der Waals surface area (Å²) in [6.45, 7) is 7.10. The van der Waals surface area contributed by atoms with E-state index >= 15 is 0 Å². The minimum absolute atomic E-state index is 0.0249. The molecule has 0 unspecified atom stereocenters. The Morgan fingerprint density at radius 2 is 2.00 bits per heavy atom. The molecule has 0 aliphatic carbocycles. The van der Waals surface area contributed by atoms with Crippen LogP contribution in [0.1, 0.15) is 31.1 Å². The number of anilines is 2. The summed E-state index contributed by atoms with van der Waals surface area (Å²) in [5.41, 5.74) is 10.3. The first-order valence-electron chi connectivity index (χ1n) is 6.67. The molecular formula is C16H21N3. The molecule has 0 saturated heterocycles. The number of hydrogen-bond donors (Lipinski definition) is 1. The Morgan fingerprint density at radius 1 is 1.21 bits per heavy atom. The van der Waals surface area contributed by atoms with Crippen LogP contribution in [0.25, 0.3) is 0 Å². The SMILES string of the molecule is CCN(c1ccc([C@@H](C)N)nc1)c1cccc(C)c1. The molecular weight excluding hydrogens is 234 g/mol. The maximum Gasteiger partial charge on any atom is 0.0597 e. The fraction of sp³-hybridized carbons (Fsp3) is 0.312. The van der Waals surface area contributed by atoms with Gasteiger partial charge in [0, 0.05) is 18.3 Å². The van der Waals surface area contributed by atoms with Crippen LogP contribution in [0.15, 0.2) is 42.6 Å². The van der Waals surface area contributed by atoms with Gasteiger partial charge in [0.15, 0.2) is 0 Å². The van der Waals surface area contributed by atoms with E-state index in [9.17, 15) is 0 Å². The van der Waals surface area contributed by atoms with Crippen LogP contribution in [0.4, 0.5) is 11.4 Å². The number of aryl methyl sites for hydroxylation is 1. The van der Waals surface area contributed by atoms with Crippen LogP contribution in [-0.4, -0.2) is 11.5 Å². The second kappa shape index (κ2) is 5.85. The van der Waals surface area contributed by atoms with Gasteiger partial charge in [0.1, 0.15) is 0 Å². The van der Waals surface area contributed by atoms with Crippen LogP contribution in [0.3, 0.4) is 0 Å². The average molecular weight is 255 g/mol. The van der Waals surface area contributed by atoms with Crippen molar-refractivity contribution >= 4 is 11.4 Å². The fourth-order valence-electron chi connectivity index (χ4n) is 2.14. The van der Waals surface area contributed by atoms with E-state index < -0.39 is 0 Å². The summed E-state index contributed by atoms with van der Waals surface area (Å²) in [6.07, 6.45) is 1.89. The number of aromatic nitrogens is 1. The van der Waals surface area contributed by atoms with E-state index in [1.807, 2.05) is 19.2 Å². The summed E-state index contributed by atoms with van der Waals surface area (Å²) in [5.74, 6) is 0. The Balaban J connectivity index is 2.31. The molecule has 0 aliphatic rings. The molecule has 0 spiro atoms. The van der Waals surface area contributed by atoms with Crippen molar-refractivity contribution in [1.29, 1.82) is 0 Å². The first-order valence-corrected chi connectivity index (χ1v) is 6.67. The molecule has 0 amide bonds. The van der Waals surface area contributed by atoms with Gasteiger partial charge in [0.25, 0.3) is 0 Å². The van der Waals surface area contributed by atoms with Crippen LogP contribution < -0.4 is 10.6 Å². The molecule has 0 aliphatic heterocycles. The van der Waals surface area contributed by atoms with Gasteiger partial charge < -0.3 is 10.6 Å². The standard InChI is InChI=1S/C16H21N3/c1-4-19(14-7-5-6-12(2)10-14)15-8-9-16(13(3)17)18-11-15/h5-11,13H,4,17H2,1-3H3/t13-/m1/s1. The summed E-state index contributed by atoms with van der Waals surface area (Å²) in [6, 6.07) is 12.5. The molecule has 3 nitrogen and oxygen atoms in total. The van der Waals surface area contributed by atoms with Crippen molar-refractivity contribution in [3.63, 3.8) is 0 Å². The minimum atomic E-state index is -0.0249. The molecule has 0 bridgehead atoms. The van der Waals surface area contributed by atoms with Crippen LogP contribution in [0.2, 0.25) is 0 Å². The quantitative estimate of drug-likeness (QED) is 0.908. The van der Waals surface area contributed by atoms with Crippen molar-refractivity contribution in [3.05, 3.63) is 53.9 Å². The van der Waals surface area contributed by atoms with E-state index in [4.69, 9.17) is 5.73 Å². The summed E-state index contributed by atoms with van der Waals surface area (Å²) in [5, 5.41) is 0. The van der Waals surface area contributed by atoms with E-state index in [2.05, 4.69) is 54.1 Å². The van der Waals surface area contributed by atoms with E-state index in [1.165, 1.54) is 11.3 Å². The molecule has 0 saturated carbocycles. The lowest BCUT2D eigenvalue weighted by atomic mass is 10.2. The van der Waals surface area contributed by atoms with Crippen LogP contribution >= 0.6 is 0 Å². The molecule has 0 radical (unpaired) electrons. The van der Waals surface area contributed by atoms with Gasteiger partial charge in [0.05, 0.1) is 17.6 Å². The van der Waals surface area contributed by atoms with E-state index in [-0.39, 0.29) is 6.04 Å². The zero-order valence-electron chi connectivity index (χ0n) is 11.8. The fourth-order valence-corrected chi connectivity index (χ4v) is 2.14. The molecule has 100 valence electrons. The molecule has 2 aromatic rings. The highest BCUT2D eigenvalue weighted by Crippen LogP contribution is 2.25. The van der Waals surface area contributed by atoms with Gasteiger partial charge in [-0.25, -0.2) is 0 Å². The minimum Gasteiger partial charge on any atom is -0.341 e. The summed E-state index contributed by atoms with van der Waals surface area (Å²) in [7, 11) is 0. The predicted octanol–water partition coefficient (Wildman–Crippen LogP) is 3.57. The topological polar surface area (TPSA) is 42.1 Å². The van der Waals surface area contributed by atoms with Crippen molar-refractivity contribution in [3.8, 4) is 0 Å². The van der Waals surface area contributed by atoms with E-state index in [1.54, 1.807) is 0 Å². The van der Waals surface area contributed by atoms with E-state index in [0.29, 0.717) is 0 Å². The highest BCUT2D eigenvalue weighted by atomic mass is 15.1. The second-order valence-electron chi connectivity index (χ2n) is 4.81. The van der Waals surface area contributed by atoms with Gasteiger partial charge in [0.2, 0.25) is 0 Å². The monoisotopic (exact) mass is 255 g/mol. The molecule has 1 heterocycles. The Bertz CT molecular complexity index is 532. The smallest absolute Gasteiger partial charge is 0.0597 e. The number of nitrogens with zero attached hydrogens (tertiary/aromatic N) is 2. The van der Waals surface area contributed by atoms with Crippen molar-refractivity contribution in [1.82, 2.24) is 4.98 Å². The molecule has 1 aromatic heterocycles. The first-order chi connectivity index (χ1) is 9.11. The van der Waals surface area contributed by atoms with Crippen LogP contribution in [0, 0.1) is 6.92 Å². The van der Waals surface area contributed by atoms with Crippen LogP contribution in [-0.2, 0) is 0 Å². The van der Waals surface area contributed by atoms with Crippen molar-refractivity contribution in [2.24, 2.45) is 5.73 Å². The Labute approximate surface area is 115 Å². The van der Waals surface area contributed by atoms with Gasteiger partial charge in [-0.1, -0.05) is 12.1 Å². The van der Waals surface area contributed by atoms with Gasteiger partial charge in [-0.2, -0.15) is 0 Å². The summed E-state index contributed by atoms with van der Waals surface area (Å²) in [4.78, 5) is 6.67. The highest BCUT2D eigenvalue weighted by molar-refractivity contribution is 5.63. The van der Waals surface area contributed by atoms with Gasteiger partial charge in [-0.3, -0.25) is 4.98 Å². The second-order valence-corrected chi connectivity index (χ2v) is 4.81. The number of hydrogen-bond acceptors (Lipinski definition) is 3. The third kappa shape index (κ3) is 3.12. The van der Waals surface area contributed by atoms with Crippen molar-refractivity contribution in [2.45, 2.75) is 26.8 Å². The predicted molar refractivity (Wildman–Crippen MR) is 80.7 cm³/mol. The summed E-state index contributed by atoms with van der Waals surface area (Å²) >= 11 is 0. The van der Waals surface area contributed by atoms with Gasteiger partial charge in [-0.05, 0) is 50.6 Å². The maximum absolute atomic E-state index is 5.83. The third-order valence-corrected chi connectivity index (χ3v) is 3.18. The Morgan fingerprint density at radius 3 is 2.53 bits per heavy atom. The lowest BCUT2D eigenvalue weighted by Crippen LogP contribution is -2.17. The zero-order valence-corrected chi connectivity index (χ0v) is 11.8. The number of pyridine rings is 1.